The zero-order valence-corrected chi connectivity index (χ0v) is 10.1. The fraction of sp³-hybridized carbons (Fsp3) is 0.700. The highest BCUT2D eigenvalue weighted by Crippen LogP contribution is 2.43. The Bertz CT molecular complexity index is 250. The van der Waals surface area contributed by atoms with E-state index in [1.54, 1.807) is 6.92 Å². The molecule has 0 rings (SSSR count). The van der Waals surface area contributed by atoms with Crippen LogP contribution in [0.3, 0.4) is 0 Å². The predicted octanol–water partition coefficient (Wildman–Crippen LogP) is 2.51. The molecule has 0 atom stereocenters. The molecule has 0 aliphatic heterocycles. The van der Waals surface area contributed by atoms with Gasteiger partial charge in [0.1, 0.15) is 0 Å². The molecule has 0 aromatic carbocycles. The first kappa shape index (κ1) is 13.4. The van der Waals surface area contributed by atoms with Crippen molar-refractivity contribution < 1.29 is 14.1 Å². The molecule has 0 amide bonds. The summed E-state index contributed by atoms with van der Waals surface area (Å²) in [5.74, 6) is -0.399. The maximum absolute atomic E-state index is 11.9. The second kappa shape index (κ2) is 6.02. The van der Waals surface area contributed by atoms with E-state index in [-0.39, 0.29) is 6.61 Å². The van der Waals surface area contributed by atoms with Crippen molar-refractivity contribution in [2.75, 3.05) is 25.1 Å². The Labute approximate surface area is 85.9 Å². The van der Waals surface area contributed by atoms with Gasteiger partial charge in [-0.3, -0.25) is 0 Å². The summed E-state index contributed by atoms with van der Waals surface area (Å²) in [4.78, 5) is 11.0. The summed E-state index contributed by atoms with van der Waals surface area (Å²) in [6.45, 7) is 9.12. The lowest BCUT2D eigenvalue weighted by atomic mass is 10.4. The molecule has 0 spiro atoms. The molecular weight excluding hydrogens is 199 g/mol. The molecule has 0 aliphatic rings. The highest BCUT2D eigenvalue weighted by Gasteiger charge is 2.17. The van der Waals surface area contributed by atoms with Gasteiger partial charge >= 0.3 is 5.97 Å². The van der Waals surface area contributed by atoms with Crippen LogP contribution in [0.5, 0.6) is 0 Å². The number of carbonyl (C=O) groups excluding carboxylic acids is 1. The van der Waals surface area contributed by atoms with Crippen LogP contribution in [0.2, 0.25) is 0 Å². The Morgan fingerprint density at radius 3 is 2.21 bits per heavy atom. The van der Waals surface area contributed by atoms with Crippen molar-refractivity contribution in [1.29, 1.82) is 0 Å². The molecule has 4 heteroatoms. The predicted molar refractivity (Wildman–Crippen MR) is 59.3 cm³/mol. The van der Waals surface area contributed by atoms with Gasteiger partial charge in [-0.15, -0.1) is 0 Å². The van der Waals surface area contributed by atoms with Crippen LogP contribution in [0.4, 0.5) is 0 Å². The van der Waals surface area contributed by atoms with E-state index in [1.807, 2.05) is 13.8 Å². The van der Waals surface area contributed by atoms with Gasteiger partial charge in [-0.25, -0.2) is 4.79 Å². The second-order valence-corrected chi connectivity index (χ2v) is 7.16. The largest absolute Gasteiger partial charge is 0.462 e. The van der Waals surface area contributed by atoms with Gasteiger partial charge in [0.25, 0.3) is 0 Å². The zero-order chi connectivity index (χ0) is 11.2. The van der Waals surface area contributed by atoms with E-state index in [9.17, 15) is 9.36 Å². The molecule has 0 fully saturated rings. The monoisotopic (exact) mass is 218 g/mol. The second-order valence-electron chi connectivity index (χ2n) is 3.33. The third kappa shape index (κ3) is 4.61. The maximum atomic E-state index is 11.9. The Balaban J connectivity index is 3.90. The quantitative estimate of drug-likeness (QED) is 0.391. The molecule has 0 N–H and O–H groups in total. The van der Waals surface area contributed by atoms with Crippen LogP contribution >= 0.6 is 7.14 Å². The van der Waals surface area contributed by atoms with Crippen molar-refractivity contribution in [2.45, 2.75) is 20.8 Å². The van der Waals surface area contributed by atoms with E-state index >= 15 is 0 Å². The third-order valence-electron chi connectivity index (χ3n) is 2.23. The minimum atomic E-state index is -2.07. The molecule has 14 heavy (non-hydrogen) atoms. The zero-order valence-electron chi connectivity index (χ0n) is 9.21. The summed E-state index contributed by atoms with van der Waals surface area (Å²) in [6.07, 6.45) is 1.83. The van der Waals surface area contributed by atoms with Crippen LogP contribution in [0.25, 0.3) is 0 Å². The maximum Gasteiger partial charge on any atom is 0.333 e. The Kier molecular flexibility index (Phi) is 5.78. The van der Waals surface area contributed by atoms with Crippen LogP contribution in [0, 0.1) is 0 Å². The lowest BCUT2D eigenvalue weighted by Gasteiger charge is -2.13. The summed E-state index contributed by atoms with van der Waals surface area (Å²) < 4.78 is 16.8. The van der Waals surface area contributed by atoms with Crippen molar-refractivity contribution in [3.05, 3.63) is 12.2 Å². The molecule has 0 radical (unpaired) electrons. The Morgan fingerprint density at radius 1 is 1.36 bits per heavy atom. The highest BCUT2D eigenvalue weighted by atomic mass is 31.2. The van der Waals surface area contributed by atoms with Gasteiger partial charge in [-0.2, -0.15) is 0 Å². The van der Waals surface area contributed by atoms with Crippen molar-refractivity contribution >= 4 is 13.1 Å². The molecule has 0 saturated heterocycles. The first-order chi connectivity index (χ1) is 6.45. The first-order valence-corrected chi connectivity index (χ1v) is 7.11. The standard InChI is InChI=1S/C10H19O3P/c1-5-14(12,6-2)8-7-13-10(11)9(3)4/h3,5-8H2,1-2,4H3. The molecule has 0 bridgehead atoms. The van der Waals surface area contributed by atoms with Gasteiger partial charge < -0.3 is 9.30 Å². The van der Waals surface area contributed by atoms with Crippen LogP contribution in [0.1, 0.15) is 20.8 Å². The van der Waals surface area contributed by atoms with Crippen molar-refractivity contribution in [2.24, 2.45) is 0 Å². The third-order valence-corrected chi connectivity index (χ3v) is 5.54. The molecular formula is C10H19O3P. The topological polar surface area (TPSA) is 43.4 Å². The van der Waals surface area contributed by atoms with Gasteiger partial charge in [-0.1, -0.05) is 20.4 Å². The molecule has 0 saturated carbocycles. The van der Waals surface area contributed by atoms with Crippen LogP contribution in [-0.4, -0.2) is 31.1 Å². The number of hydrogen-bond acceptors (Lipinski definition) is 3. The van der Waals surface area contributed by atoms with Crippen LogP contribution in [-0.2, 0) is 14.1 Å². The Hall–Kier alpha value is -0.560. The molecule has 0 aliphatic carbocycles. The molecule has 0 aromatic rings. The van der Waals surface area contributed by atoms with Gasteiger partial charge in [0, 0.05) is 11.7 Å². The van der Waals surface area contributed by atoms with E-state index in [1.165, 1.54) is 0 Å². The first-order valence-electron chi connectivity index (χ1n) is 4.85. The van der Waals surface area contributed by atoms with Gasteiger partial charge in [0.2, 0.25) is 0 Å². The average molecular weight is 218 g/mol. The van der Waals surface area contributed by atoms with Crippen LogP contribution in [0.15, 0.2) is 12.2 Å². The fourth-order valence-corrected chi connectivity index (χ4v) is 2.47. The molecule has 0 heterocycles. The van der Waals surface area contributed by atoms with Gasteiger partial charge in [0.05, 0.1) is 13.7 Å². The lowest BCUT2D eigenvalue weighted by molar-refractivity contribution is -0.138. The van der Waals surface area contributed by atoms with Gasteiger partial charge in [0.15, 0.2) is 0 Å². The molecule has 3 nitrogen and oxygen atoms in total. The van der Waals surface area contributed by atoms with Crippen molar-refractivity contribution in [3.8, 4) is 0 Å². The summed E-state index contributed by atoms with van der Waals surface area (Å²) >= 11 is 0. The summed E-state index contributed by atoms with van der Waals surface area (Å²) in [5.41, 5.74) is 0.382. The van der Waals surface area contributed by atoms with Crippen molar-refractivity contribution in [1.82, 2.24) is 0 Å². The minimum Gasteiger partial charge on any atom is -0.462 e. The summed E-state index contributed by atoms with van der Waals surface area (Å²) in [7, 11) is -2.07. The van der Waals surface area contributed by atoms with E-state index in [2.05, 4.69) is 6.58 Å². The van der Waals surface area contributed by atoms with Gasteiger partial charge in [-0.05, 0) is 19.2 Å². The number of esters is 1. The minimum absolute atomic E-state index is 0.241. The fourth-order valence-electron chi connectivity index (χ4n) is 0.968. The van der Waals surface area contributed by atoms with E-state index in [0.29, 0.717) is 24.1 Å². The SMILES string of the molecule is C=C(C)C(=O)OCCP(=O)(CC)CC. The normalized spacial score (nSPS) is 11.1. The van der Waals surface area contributed by atoms with Crippen LogP contribution < -0.4 is 0 Å². The Morgan fingerprint density at radius 2 is 1.86 bits per heavy atom. The lowest BCUT2D eigenvalue weighted by Crippen LogP contribution is -2.10. The van der Waals surface area contributed by atoms with Crippen molar-refractivity contribution in [3.63, 3.8) is 0 Å². The highest BCUT2D eigenvalue weighted by molar-refractivity contribution is 7.63. The average Bonchev–Trinajstić information content (AvgIpc) is 2.17. The van der Waals surface area contributed by atoms with E-state index in [0.717, 1.165) is 0 Å². The molecule has 0 aromatic heterocycles. The summed E-state index contributed by atoms with van der Waals surface area (Å²) in [5, 5.41) is 0. The smallest absolute Gasteiger partial charge is 0.333 e. The number of ether oxygens (including phenoxy) is 1. The number of carbonyl (C=O) groups is 1. The van der Waals surface area contributed by atoms with E-state index < -0.39 is 13.1 Å². The molecule has 0 unspecified atom stereocenters. The number of rotatable bonds is 6. The van der Waals surface area contributed by atoms with E-state index in [4.69, 9.17) is 4.74 Å². The molecule has 82 valence electrons. The number of hydrogen-bond donors (Lipinski definition) is 0. The summed E-state index contributed by atoms with van der Waals surface area (Å²) in [6, 6.07) is 0.